The van der Waals surface area contributed by atoms with Crippen LogP contribution in [0.1, 0.15) is 28.4 Å². The van der Waals surface area contributed by atoms with Gasteiger partial charge in [0.25, 0.3) is 0 Å². The van der Waals surface area contributed by atoms with Crippen molar-refractivity contribution in [3.05, 3.63) is 59.2 Å². The van der Waals surface area contributed by atoms with E-state index < -0.39 is 0 Å². The molecule has 21 heavy (non-hydrogen) atoms. The van der Waals surface area contributed by atoms with Gasteiger partial charge in [0.05, 0.1) is 0 Å². The van der Waals surface area contributed by atoms with Crippen LogP contribution in [0.3, 0.4) is 0 Å². The summed E-state index contributed by atoms with van der Waals surface area (Å²) in [5, 5.41) is 6.75. The molecule has 0 atom stereocenters. The summed E-state index contributed by atoms with van der Waals surface area (Å²) in [6, 6.07) is 13.5. The molecule has 0 radical (unpaired) electrons. The van der Waals surface area contributed by atoms with E-state index in [-0.39, 0.29) is 5.78 Å². The molecule has 2 aromatic rings. The van der Waals surface area contributed by atoms with E-state index in [9.17, 15) is 4.79 Å². The van der Waals surface area contributed by atoms with Crippen molar-refractivity contribution in [3.8, 4) is 0 Å². The fraction of sp³-hybridized carbons (Fsp3) is 0.176. The third-order valence-electron chi connectivity index (χ3n) is 3.01. The standard InChI is InChI=1S/C17H18N2OS/c1-11-7-12(2)9-16(8-11)19-17(21)18-15-6-4-5-14(10-15)13(3)20/h4-10H,1-3H3,(H2,18,19,21). The van der Waals surface area contributed by atoms with Crippen molar-refractivity contribution in [3.63, 3.8) is 0 Å². The molecule has 0 aromatic heterocycles. The molecule has 0 unspecified atom stereocenters. The fourth-order valence-electron chi connectivity index (χ4n) is 2.16. The largest absolute Gasteiger partial charge is 0.332 e. The lowest BCUT2D eigenvalue weighted by molar-refractivity contribution is 0.101. The molecule has 108 valence electrons. The maximum absolute atomic E-state index is 11.4. The van der Waals surface area contributed by atoms with Gasteiger partial charge in [0.15, 0.2) is 10.9 Å². The van der Waals surface area contributed by atoms with Crippen LogP contribution in [0.15, 0.2) is 42.5 Å². The highest BCUT2D eigenvalue weighted by atomic mass is 32.1. The number of carbonyl (C=O) groups is 1. The lowest BCUT2D eigenvalue weighted by Crippen LogP contribution is -2.19. The predicted molar refractivity (Wildman–Crippen MR) is 92.2 cm³/mol. The molecule has 0 aliphatic heterocycles. The number of carbonyl (C=O) groups excluding carboxylic acids is 1. The molecule has 0 amide bonds. The van der Waals surface area contributed by atoms with Gasteiger partial charge in [0.1, 0.15) is 0 Å². The zero-order valence-corrected chi connectivity index (χ0v) is 13.2. The number of rotatable bonds is 3. The van der Waals surface area contributed by atoms with Crippen LogP contribution in [0.5, 0.6) is 0 Å². The van der Waals surface area contributed by atoms with E-state index in [4.69, 9.17) is 12.2 Å². The molecule has 2 N–H and O–H groups in total. The first-order valence-electron chi connectivity index (χ1n) is 6.71. The van der Waals surface area contributed by atoms with E-state index in [1.165, 1.54) is 11.1 Å². The number of hydrogen-bond acceptors (Lipinski definition) is 2. The number of anilines is 2. The van der Waals surface area contributed by atoms with Gasteiger partial charge in [-0.15, -0.1) is 0 Å². The summed E-state index contributed by atoms with van der Waals surface area (Å²) in [4.78, 5) is 11.4. The maximum Gasteiger partial charge on any atom is 0.175 e. The van der Waals surface area contributed by atoms with E-state index in [2.05, 4.69) is 16.7 Å². The molecular formula is C17H18N2OS. The Balaban J connectivity index is 2.08. The van der Waals surface area contributed by atoms with Crippen molar-refractivity contribution in [2.75, 3.05) is 10.6 Å². The highest BCUT2D eigenvalue weighted by molar-refractivity contribution is 7.80. The van der Waals surface area contributed by atoms with Crippen LogP contribution in [0.4, 0.5) is 11.4 Å². The Kier molecular flexibility index (Phi) is 4.70. The second kappa shape index (κ2) is 6.50. The molecule has 0 bridgehead atoms. The number of ketones is 1. The molecular weight excluding hydrogens is 280 g/mol. The second-order valence-electron chi connectivity index (χ2n) is 5.09. The van der Waals surface area contributed by atoms with E-state index in [0.717, 1.165) is 11.4 Å². The minimum Gasteiger partial charge on any atom is -0.332 e. The van der Waals surface area contributed by atoms with Crippen molar-refractivity contribution in [2.45, 2.75) is 20.8 Å². The van der Waals surface area contributed by atoms with E-state index in [1.807, 2.05) is 38.1 Å². The van der Waals surface area contributed by atoms with Crippen molar-refractivity contribution in [2.24, 2.45) is 0 Å². The molecule has 2 aromatic carbocycles. The molecule has 0 fully saturated rings. The summed E-state index contributed by atoms with van der Waals surface area (Å²) in [6.07, 6.45) is 0. The third kappa shape index (κ3) is 4.39. The third-order valence-corrected chi connectivity index (χ3v) is 3.21. The van der Waals surface area contributed by atoms with E-state index >= 15 is 0 Å². The van der Waals surface area contributed by atoms with Gasteiger partial charge in [-0.05, 0) is 68.4 Å². The number of thiocarbonyl (C=S) groups is 1. The zero-order chi connectivity index (χ0) is 15.4. The molecule has 0 heterocycles. The van der Waals surface area contributed by atoms with Crippen LogP contribution < -0.4 is 10.6 Å². The molecule has 0 aliphatic rings. The van der Waals surface area contributed by atoms with Gasteiger partial charge in [0.2, 0.25) is 0 Å². The van der Waals surface area contributed by atoms with E-state index in [0.29, 0.717) is 10.7 Å². The van der Waals surface area contributed by atoms with Crippen LogP contribution in [-0.4, -0.2) is 10.9 Å². The molecule has 0 aliphatic carbocycles. The Morgan fingerprint density at radius 3 is 2.19 bits per heavy atom. The molecule has 0 spiro atoms. The predicted octanol–water partition coefficient (Wildman–Crippen LogP) is 4.31. The van der Waals surface area contributed by atoms with Crippen LogP contribution in [0, 0.1) is 13.8 Å². The lowest BCUT2D eigenvalue weighted by Gasteiger charge is -2.12. The topological polar surface area (TPSA) is 41.1 Å². The lowest BCUT2D eigenvalue weighted by atomic mass is 10.1. The van der Waals surface area contributed by atoms with Gasteiger partial charge in [-0.25, -0.2) is 0 Å². The van der Waals surface area contributed by atoms with Crippen molar-refractivity contribution < 1.29 is 4.79 Å². The molecule has 3 nitrogen and oxygen atoms in total. The van der Waals surface area contributed by atoms with Crippen LogP contribution >= 0.6 is 12.2 Å². The van der Waals surface area contributed by atoms with Crippen molar-refractivity contribution in [1.82, 2.24) is 0 Å². The molecule has 0 saturated carbocycles. The summed E-state index contributed by atoms with van der Waals surface area (Å²) in [6.45, 7) is 5.64. The first kappa shape index (κ1) is 15.2. The zero-order valence-electron chi connectivity index (χ0n) is 12.4. The maximum atomic E-state index is 11.4. The van der Waals surface area contributed by atoms with Gasteiger partial charge < -0.3 is 10.6 Å². The van der Waals surface area contributed by atoms with Gasteiger partial charge in [-0.1, -0.05) is 18.2 Å². The normalized spacial score (nSPS) is 10.0. The summed E-state index contributed by atoms with van der Waals surface area (Å²) in [7, 11) is 0. The van der Waals surface area contributed by atoms with Gasteiger partial charge in [-0.3, -0.25) is 4.79 Å². The first-order chi connectivity index (χ1) is 9.94. The van der Waals surface area contributed by atoms with E-state index in [1.54, 1.807) is 19.1 Å². The quantitative estimate of drug-likeness (QED) is 0.654. The number of benzene rings is 2. The Morgan fingerprint density at radius 2 is 1.57 bits per heavy atom. The Bertz CT molecular complexity index is 675. The van der Waals surface area contributed by atoms with Crippen LogP contribution in [0.25, 0.3) is 0 Å². The SMILES string of the molecule is CC(=O)c1cccc(NC(=S)Nc2cc(C)cc(C)c2)c1. The second-order valence-corrected chi connectivity index (χ2v) is 5.50. The molecule has 4 heteroatoms. The minimum absolute atomic E-state index is 0.0341. The number of hydrogen-bond donors (Lipinski definition) is 2. The number of Topliss-reactive ketones (excluding diaryl/α,β-unsaturated/α-hetero) is 1. The van der Waals surface area contributed by atoms with Crippen LogP contribution in [0.2, 0.25) is 0 Å². The smallest absolute Gasteiger partial charge is 0.175 e. The van der Waals surface area contributed by atoms with Gasteiger partial charge in [0, 0.05) is 16.9 Å². The Morgan fingerprint density at radius 1 is 0.952 bits per heavy atom. The Labute approximate surface area is 130 Å². The number of aryl methyl sites for hydroxylation is 2. The number of nitrogens with one attached hydrogen (secondary N) is 2. The molecule has 2 rings (SSSR count). The highest BCUT2D eigenvalue weighted by Crippen LogP contribution is 2.15. The monoisotopic (exact) mass is 298 g/mol. The van der Waals surface area contributed by atoms with Crippen molar-refractivity contribution >= 4 is 34.5 Å². The Hall–Kier alpha value is -2.20. The average molecular weight is 298 g/mol. The average Bonchev–Trinajstić information content (AvgIpc) is 2.37. The summed E-state index contributed by atoms with van der Waals surface area (Å²) < 4.78 is 0. The highest BCUT2D eigenvalue weighted by Gasteiger charge is 2.03. The van der Waals surface area contributed by atoms with Crippen LogP contribution in [-0.2, 0) is 0 Å². The van der Waals surface area contributed by atoms with Crippen molar-refractivity contribution in [1.29, 1.82) is 0 Å². The summed E-state index contributed by atoms with van der Waals surface area (Å²) in [5.41, 5.74) is 4.77. The summed E-state index contributed by atoms with van der Waals surface area (Å²) >= 11 is 5.31. The minimum atomic E-state index is 0.0341. The van der Waals surface area contributed by atoms with Gasteiger partial charge in [-0.2, -0.15) is 0 Å². The summed E-state index contributed by atoms with van der Waals surface area (Å²) in [5.74, 6) is 0.0341. The first-order valence-corrected chi connectivity index (χ1v) is 7.12. The van der Waals surface area contributed by atoms with Gasteiger partial charge >= 0.3 is 0 Å². The molecule has 0 saturated heterocycles. The fourth-order valence-corrected chi connectivity index (χ4v) is 2.39.